The monoisotopic (exact) mass is 280 g/mol. The first-order valence-electron chi connectivity index (χ1n) is 7.97. The van der Waals surface area contributed by atoms with E-state index in [1.165, 1.54) is 5.56 Å². The van der Waals surface area contributed by atoms with Crippen LogP contribution in [0.5, 0.6) is 0 Å². The molecule has 0 amide bonds. The van der Waals surface area contributed by atoms with Crippen LogP contribution in [0.1, 0.15) is 58.1 Å². The maximum Gasteiger partial charge on any atom is 0.118 e. The van der Waals surface area contributed by atoms with Crippen molar-refractivity contribution in [2.75, 3.05) is 13.1 Å². The first-order chi connectivity index (χ1) is 9.43. The van der Waals surface area contributed by atoms with Crippen molar-refractivity contribution in [3.63, 3.8) is 0 Å². The van der Waals surface area contributed by atoms with E-state index >= 15 is 0 Å². The van der Waals surface area contributed by atoms with Crippen LogP contribution in [0, 0.1) is 12.8 Å². The van der Waals surface area contributed by atoms with Gasteiger partial charge in [-0.3, -0.25) is 4.90 Å². The predicted octanol–water partition coefficient (Wildman–Crippen LogP) is 3.95. The van der Waals surface area contributed by atoms with Gasteiger partial charge >= 0.3 is 0 Å². The Balaban J connectivity index is 2.65. The molecule has 116 valence electrons. The minimum Gasteiger partial charge on any atom is -0.465 e. The summed E-state index contributed by atoms with van der Waals surface area (Å²) in [4.78, 5) is 2.52. The van der Waals surface area contributed by atoms with Crippen molar-refractivity contribution in [1.29, 1.82) is 0 Å². The quantitative estimate of drug-likeness (QED) is 0.694. The predicted molar refractivity (Wildman–Crippen MR) is 85.8 cm³/mol. The van der Waals surface area contributed by atoms with Gasteiger partial charge in [-0.1, -0.05) is 20.8 Å². The van der Waals surface area contributed by atoms with Crippen molar-refractivity contribution in [2.45, 2.75) is 67.1 Å². The Morgan fingerprint density at radius 2 is 1.95 bits per heavy atom. The molecule has 3 nitrogen and oxygen atoms in total. The Hall–Kier alpha value is -0.800. The summed E-state index contributed by atoms with van der Waals surface area (Å²) in [5.74, 6) is 2.81. The maximum atomic E-state index is 5.86. The molecule has 0 atom stereocenters. The van der Waals surface area contributed by atoms with Gasteiger partial charge in [-0.15, -0.1) is 0 Å². The molecule has 20 heavy (non-hydrogen) atoms. The van der Waals surface area contributed by atoms with Crippen LogP contribution >= 0.6 is 0 Å². The molecule has 1 N–H and O–H groups in total. The molecule has 0 unspecified atom stereocenters. The molecular weight excluding hydrogens is 248 g/mol. The van der Waals surface area contributed by atoms with E-state index in [-0.39, 0.29) is 0 Å². The van der Waals surface area contributed by atoms with Crippen LogP contribution in [0.25, 0.3) is 0 Å². The van der Waals surface area contributed by atoms with Crippen molar-refractivity contribution >= 4 is 0 Å². The van der Waals surface area contributed by atoms with E-state index in [1.54, 1.807) is 0 Å². The lowest BCUT2D eigenvalue weighted by Gasteiger charge is -2.27. The van der Waals surface area contributed by atoms with Gasteiger partial charge < -0.3 is 9.73 Å². The molecule has 0 fully saturated rings. The third-order valence-corrected chi connectivity index (χ3v) is 3.50. The van der Waals surface area contributed by atoms with Gasteiger partial charge in [0, 0.05) is 24.7 Å². The topological polar surface area (TPSA) is 28.4 Å². The fourth-order valence-corrected chi connectivity index (χ4v) is 2.37. The van der Waals surface area contributed by atoms with Gasteiger partial charge in [-0.2, -0.15) is 0 Å². The number of nitrogens with zero attached hydrogens (tertiary/aromatic N) is 1. The van der Waals surface area contributed by atoms with E-state index in [4.69, 9.17) is 4.42 Å². The Labute approximate surface area is 124 Å². The number of hydrogen-bond acceptors (Lipinski definition) is 3. The molecule has 1 heterocycles. The van der Waals surface area contributed by atoms with Gasteiger partial charge in [0.2, 0.25) is 0 Å². The highest BCUT2D eigenvalue weighted by Crippen LogP contribution is 2.18. The molecule has 0 aliphatic rings. The lowest BCUT2D eigenvalue weighted by atomic mass is 10.1. The highest BCUT2D eigenvalue weighted by atomic mass is 16.3. The van der Waals surface area contributed by atoms with Gasteiger partial charge in [0.05, 0.1) is 6.54 Å². The third kappa shape index (κ3) is 5.68. The van der Waals surface area contributed by atoms with Crippen molar-refractivity contribution in [3.05, 3.63) is 23.2 Å². The summed E-state index contributed by atoms with van der Waals surface area (Å²) >= 11 is 0. The van der Waals surface area contributed by atoms with Crippen LogP contribution in [-0.4, -0.2) is 24.0 Å². The molecular formula is C17H32N2O. The maximum absolute atomic E-state index is 5.86. The van der Waals surface area contributed by atoms with E-state index in [1.807, 2.05) is 0 Å². The second-order valence-corrected chi connectivity index (χ2v) is 6.39. The van der Waals surface area contributed by atoms with E-state index in [0.717, 1.165) is 44.1 Å². The smallest absolute Gasteiger partial charge is 0.118 e. The second-order valence-electron chi connectivity index (χ2n) is 6.39. The van der Waals surface area contributed by atoms with Crippen LogP contribution in [0.2, 0.25) is 0 Å². The normalized spacial score (nSPS) is 12.1. The first kappa shape index (κ1) is 17.3. The van der Waals surface area contributed by atoms with Crippen LogP contribution < -0.4 is 5.32 Å². The largest absolute Gasteiger partial charge is 0.465 e. The number of aryl methyl sites for hydroxylation is 1. The first-order valence-corrected chi connectivity index (χ1v) is 7.97. The minimum atomic E-state index is 0.563. The summed E-state index contributed by atoms with van der Waals surface area (Å²) in [6.07, 6.45) is 1.15. The lowest BCUT2D eigenvalue weighted by molar-refractivity contribution is 0.188. The highest BCUT2D eigenvalue weighted by molar-refractivity contribution is 5.20. The Morgan fingerprint density at radius 3 is 2.50 bits per heavy atom. The highest BCUT2D eigenvalue weighted by Gasteiger charge is 2.15. The van der Waals surface area contributed by atoms with E-state index in [9.17, 15) is 0 Å². The zero-order valence-corrected chi connectivity index (χ0v) is 14.1. The summed E-state index contributed by atoms with van der Waals surface area (Å²) in [6.45, 7) is 17.3. The van der Waals surface area contributed by atoms with Gasteiger partial charge in [-0.25, -0.2) is 0 Å². The molecule has 0 saturated carbocycles. The molecule has 3 heteroatoms. The van der Waals surface area contributed by atoms with Crippen LogP contribution in [0.15, 0.2) is 10.5 Å². The zero-order chi connectivity index (χ0) is 15.1. The van der Waals surface area contributed by atoms with Crippen molar-refractivity contribution in [3.8, 4) is 0 Å². The summed E-state index contributed by atoms with van der Waals surface area (Å²) in [6, 6.07) is 2.78. The summed E-state index contributed by atoms with van der Waals surface area (Å²) in [7, 11) is 0. The zero-order valence-electron chi connectivity index (χ0n) is 14.1. The lowest BCUT2D eigenvalue weighted by Crippen LogP contribution is -2.33. The Bertz CT molecular complexity index is 382. The van der Waals surface area contributed by atoms with E-state index in [0.29, 0.717) is 12.0 Å². The standard InChI is InChI=1S/C17H32N2O/c1-7-8-18-10-17-9-16(15(6)20-17)12-19(14(4)5)11-13(2)3/h9,13-14,18H,7-8,10-12H2,1-6H3. The molecule has 0 radical (unpaired) electrons. The molecule has 0 aliphatic heterocycles. The average Bonchev–Trinajstić information content (AvgIpc) is 2.69. The molecule has 1 aromatic heterocycles. The Morgan fingerprint density at radius 1 is 1.25 bits per heavy atom. The molecule has 0 aliphatic carbocycles. The van der Waals surface area contributed by atoms with Gasteiger partial charge in [0.25, 0.3) is 0 Å². The summed E-state index contributed by atoms with van der Waals surface area (Å²) < 4.78 is 5.86. The Kier molecular flexibility index (Phi) is 7.31. The molecule has 0 aromatic carbocycles. The fourth-order valence-electron chi connectivity index (χ4n) is 2.37. The van der Waals surface area contributed by atoms with Gasteiger partial charge in [0.1, 0.15) is 11.5 Å². The molecule has 0 spiro atoms. The number of hydrogen-bond donors (Lipinski definition) is 1. The number of nitrogens with one attached hydrogen (secondary N) is 1. The minimum absolute atomic E-state index is 0.563. The van der Waals surface area contributed by atoms with E-state index < -0.39 is 0 Å². The fraction of sp³-hybridized carbons (Fsp3) is 0.765. The van der Waals surface area contributed by atoms with Crippen LogP contribution in [0.4, 0.5) is 0 Å². The summed E-state index contributed by atoms with van der Waals surface area (Å²) in [5, 5.41) is 3.39. The molecule has 1 aromatic rings. The number of rotatable bonds is 9. The molecule has 0 bridgehead atoms. The van der Waals surface area contributed by atoms with Crippen molar-refractivity contribution in [1.82, 2.24) is 10.2 Å². The average molecular weight is 280 g/mol. The second kappa shape index (κ2) is 8.48. The van der Waals surface area contributed by atoms with Crippen LogP contribution in [-0.2, 0) is 13.1 Å². The van der Waals surface area contributed by atoms with Gasteiger partial charge in [0.15, 0.2) is 0 Å². The number of furan rings is 1. The SMILES string of the molecule is CCCNCc1cc(CN(CC(C)C)C(C)C)c(C)o1. The van der Waals surface area contributed by atoms with Crippen LogP contribution in [0.3, 0.4) is 0 Å². The summed E-state index contributed by atoms with van der Waals surface area (Å²) in [5.41, 5.74) is 1.33. The van der Waals surface area contributed by atoms with Crippen molar-refractivity contribution < 1.29 is 4.42 Å². The third-order valence-electron chi connectivity index (χ3n) is 3.50. The van der Waals surface area contributed by atoms with Gasteiger partial charge in [-0.05, 0) is 45.7 Å². The molecule has 0 saturated heterocycles. The van der Waals surface area contributed by atoms with Crippen molar-refractivity contribution in [2.24, 2.45) is 5.92 Å². The molecule has 1 rings (SSSR count). The van der Waals surface area contributed by atoms with E-state index in [2.05, 4.69) is 57.8 Å².